The summed E-state index contributed by atoms with van der Waals surface area (Å²) in [6.07, 6.45) is 1.86. The zero-order valence-electron chi connectivity index (χ0n) is 12.4. The van der Waals surface area contributed by atoms with Crippen molar-refractivity contribution >= 4 is 5.82 Å². The van der Waals surface area contributed by atoms with Gasteiger partial charge in [-0.15, -0.1) is 0 Å². The minimum atomic E-state index is 0.689. The Balaban J connectivity index is 1.87. The van der Waals surface area contributed by atoms with Crippen LogP contribution in [0, 0.1) is 0 Å². The van der Waals surface area contributed by atoms with Gasteiger partial charge < -0.3 is 15.0 Å². The topological polar surface area (TPSA) is 37.4 Å². The molecule has 2 aromatic rings. The number of ether oxygens (including phenoxy) is 1. The highest BCUT2D eigenvalue weighted by Gasteiger charge is 2.18. The molecule has 1 aromatic carbocycles. The monoisotopic (exact) mass is 283 g/mol. The minimum absolute atomic E-state index is 0.689. The van der Waals surface area contributed by atoms with Gasteiger partial charge in [0.2, 0.25) is 0 Å². The number of rotatable bonds is 4. The Bertz CT molecular complexity index is 600. The first kappa shape index (κ1) is 13.9. The van der Waals surface area contributed by atoms with Crippen LogP contribution in [0.3, 0.4) is 0 Å². The third-order valence-electron chi connectivity index (χ3n) is 3.69. The summed E-state index contributed by atoms with van der Waals surface area (Å²) in [6.45, 7) is 6.30. The third kappa shape index (κ3) is 3.16. The maximum atomic E-state index is 5.84. The summed E-state index contributed by atoms with van der Waals surface area (Å²) in [6, 6.07) is 12.4. The van der Waals surface area contributed by atoms with E-state index in [0.29, 0.717) is 6.61 Å². The smallest absolute Gasteiger partial charge is 0.133 e. The van der Waals surface area contributed by atoms with Crippen molar-refractivity contribution in [1.82, 2.24) is 10.3 Å². The molecule has 4 nitrogen and oxygen atoms in total. The van der Waals surface area contributed by atoms with Crippen molar-refractivity contribution in [1.29, 1.82) is 0 Å². The van der Waals surface area contributed by atoms with E-state index in [1.807, 2.05) is 24.4 Å². The molecule has 0 bridgehead atoms. The van der Waals surface area contributed by atoms with Crippen LogP contribution >= 0.6 is 0 Å². The quantitative estimate of drug-likeness (QED) is 0.936. The van der Waals surface area contributed by atoms with Crippen LogP contribution in [-0.4, -0.2) is 24.7 Å². The molecule has 0 saturated heterocycles. The van der Waals surface area contributed by atoms with E-state index in [1.165, 1.54) is 11.1 Å². The van der Waals surface area contributed by atoms with Crippen LogP contribution < -0.4 is 15.0 Å². The second-order valence-electron chi connectivity index (χ2n) is 5.14. The van der Waals surface area contributed by atoms with E-state index < -0.39 is 0 Å². The number of hydrogen-bond donors (Lipinski definition) is 1. The zero-order chi connectivity index (χ0) is 14.5. The second kappa shape index (κ2) is 6.59. The SMILES string of the molecule is CCNCc1cccnc1N1CCOc2ccccc2C1. The standard InChI is InChI=1S/C17H21N3O/c1-2-18-12-14-7-5-9-19-17(14)20-10-11-21-16-8-4-3-6-15(16)13-20/h3-9,18H,2,10-13H2,1H3. The van der Waals surface area contributed by atoms with E-state index in [1.54, 1.807) is 0 Å². The van der Waals surface area contributed by atoms with Gasteiger partial charge in [-0.2, -0.15) is 0 Å². The first-order chi connectivity index (χ1) is 10.4. The van der Waals surface area contributed by atoms with Gasteiger partial charge in [-0.3, -0.25) is 0 Å². The van der Waals surface area contributed by atoms with Crippen molar-refractivity contribution in [2.24, 2.45) is 0 Å². The number of pyridine rings is 1. The number of hydrogen-bond acceptors (Lipinski definition) is 4. The lowest BCUT2D eigenvalue weighted by Gasteiger charge is -2.23. The molecule has 1 aliphatic rings. The average molecular weight is 283 g/mol. The number of nitrogens with one attached hydrogen (secondary N) is 1. The lowest BCUT2D eigenvalue weighted by Crippen LogP contribution is -2.28. The Morgan fingerprint density at radius 3 is 3.05 bits per heavy atom. The molecule has 2 heterocycles. The van der Waals surface area contributed by atoms with Crippen molar-refractivity contribution in [2.45, 2.75) is 20.0 Å². The average Bonchev–Trinajstić information content (AvgIpc) is 2.75. The maximum absolute atomic E-state index is 5.84. The Hall–Kier alpha value is -2.07. The summed E-state index contributed by atoms with van der Waals surface area (Å²) in [4.78, 5) is 6.90. The molecule has 110 valence electrons. The maximum Gasteiger partial charge on any atom is 0.133 e. The number of para-hydroxylation sites is 1. The summed E-state index contributed by atoms with van der Waals surface area (Å²) >= 11 is 0. The Labute approximate surface area is 125 Å². The van der Waals surface area contributed by atoms with Crippen LogP contribution in [0.15, 0.2) is 42.6 Å². The van der Waals surface area contributed by atoms with Gasteiger partial charge in [0.15, 0.2) is 0 Å². The molecule has 3 rings (SSSR count). The Kier molecular flexibility index (Phi) is 4.36. The van der Waals surface area contributed by atoms with Gasteiger partial charge in [-0.05, 0) is 18.7 Å². The van der Waals surface area contributed by atoms with Gasteiger partial charge >= 0.3 is 0 Å². The number of benzene rings is 1. The molecule has 0 amide bonds. The van der Waals surface area contributed by atoms with E-state index in [0.717, 1.165) is 37.7 Å². The van der Waals surface area contributed by atoms with E-state index in [-0.39, 0.29) is 0 Å². The lowest BCUT2D eigenvalue weighted by molar-refractivity contribution is 0.331. The molecule has 1 aromatic heterocycles. The number of aromatic nitrogens is 1. The minimum Gasteiger partial charge on any atom is -0.491 e. The molecule has 0 saturated carbocycles. The summed E-state index contributed by atoms with van der Waals surface area (Å²) in [5.74, 6) is 2.04. The molecule has 1 aliphatic heterocycles. The Morgan fingerprint density at radius 2 is 2.14 bits per heavy atom. The van der Waals surface area contributed by atoms with Crippen molar-refractivity contribution in [3.8, 4) is 5.75 Å². The number of anilines is 1. The Morgan fingerprint density at radius 1 is 1.24 bits per heavy atom. The van der Waals surface area contributed by atoms with E-state index in [4.69, 9.17) is 4.74 Å². The number of fused-ring (bicyclic) bond motifs is 1. The summed E-state index contributed by atoms with van der Waals surface area (Å²) in [5.41, 5.74) is 2.45. The molecule has 4 heteroatoms. The van der Waals surface area contributed by atoms with Gasteiger partial charge in [-0.1, -0.05) is 31.2 Å². The van der Waals surface area contributed by atoms with E-state index in [9.17, 15) is 0 Å². The predicted octanol–water partition coefficient (Wildman–Crippen LogP) is 2.59. The first-order valence-electron chi connectivity index (χ1n) is 7.48. The van der Waals surface area contributed by atoms with Crippen molar-refractivity contribution in [3.05, 3.63) is 53.7 Å². The molecule has 0 radical (unpaired) electrons. The van der Waals surface area contributed by atoms with Crippen molar-refractivity contribution < 1.29 is 4.74 Å². The highest BCUT2D eigenvalue weighted by molar-refractivity contribution is 5.49. The molecule has 21 heavy (non-hydrogen) atoms. The van der Waals surface area contributed by atoms with Crippen LogP contribution in [0.2, 0.25) is 0 Å². The first-order valence-corrected chi connectivity index (χ1v) is 7.48. The zero-order valence-corrected chi connectivity index (χ0v) is 12.4. The normalized spacial score (nSPS) is 14.2. The van der Waals surface area contributed by atoms with Crippen LogP contribution in [-0.2, 0) is 13.1 Å². The summed E-state index contributed by atoms with van der Waals surface area (Å²) in [7, 11) is 0. The van der Waals surface area contributed by atoms with Crippen LogP contribution in [0.1, 0.15) is 18.1 Å². The van der Waals surface area contributed by atoms with Gasteiger partial charge in [0.25, 0.3) is 0 Å². The van der Waals surface area contributed by atoms with Crippen LogP contribution in [0.5, 0.6) is 5.75 Å². The van der Waals surface area contributed by atoms with Crippen molar-refractivity contribution in [3.63, 3.8) is 0 Å². The van der Waals surface area contributed by atoms with Crippen molar-refractivity contribution in [2.75, 3.05) is 24.6 Å². The van der Waals surface area contributed by atoms with Crippen LogP contribution in [0.25, 0.3) is 0 Å². The van der Waals surface area contributed by atoms with Gasteiger partial charge in [0.1, 0.15) is 18.2 Å². The van der Waals surface area contributed by atoms with E-state index in [2.05, 4.69) is 40.3 Å². The molecule has 0 fully saturated rings. The number of nitrogens with zero attached hydrogens (tertiary/aromatic N) is 2. The fraction of sp³-hybridized carbons (Fsp3) is 0.353. The summed E-state index contributed by atoms with van der Waals surface area (Å²) in [5, 5.41) is 3.38. The molecule has 0 atom stereocenters. The predicted molar refractivity (Wildman–Crippen MR) is 84.6 cm³/mol. The van der Waals surface area contributed by atoms with E-state index >= 15 is 0 Å². The molecule has 0 unspecified atom stereocenters. The van der Waals surface area contributed by atoms with Gasteiger partial charge in [0, 0.05) is 30.4 Å². The molecular weight excluding hydrogens is 262 g/mol. The van der Waals surface area contributed by atoms with Gasteiger partial charge in [0.05, 0.1) is 6.54 Å². The fourth-order valence-electron chi connectivity index (χ4n) is 2.62. The second-order valence-corrected chi connectivity index (χ2v) is 5.14. The fourth-order valence-corrected chi connectivity index (χ4v) is 2.62. The highest BCUT2D eigenvalue weighted by atomic mass is 16.5. The molecule has 1 N–H and O–H groups in total. The molecule has 0 aliphatic carbocycles. The largest absolute Gasteiger partial charge is 0.491 e. The third-order valence-corrected chi connectivity index (χ3v) is 3.69. The lowest BCUT2D eigenvalue weighted by atomic mass is 10.1. The van der Waals surface area contributed by atoms with Crippen LogP contribution in [0.4, 0.5) is 5.82 Å². The summed E-state index contributed by atoms with van der Waals surface area (Å²) < 4.78 is 5.84. The molecule has 0 spiro atoms. The highest BCUT2D eigenvalue weighted by Crippen LogP contribution is 2.26. The molecular formula is C17H21N3O. The van der Waals surface area contributed by atoms with Gasteiger partial charge in [-0.25, -0.2) is 4.98 Å².